The molecule has 0 aromatic heterocycles. The van der Waals surface area contributed by atoms with Crippen molar-refractivity contribution in [1.82, 2.24) is 4.31 Å². The molecule has 1 atom stereocenters. The maximum absolute atomic E-state index is 12.7. The number of hydrogen-bond donors (Lipinski definition) is 2. The van der Waals surface area contributed by atoms with Gasteiger partial charge in [-0.05, 0) is 17.7 Å². The Labute approximate surface area is 127 Å². The third-order valence-corrected chi connectivity index (χ3v) is 5.62. The van der Waals surface area contributed by atoms with E-state index in [-0.39, 0.29) is 36.2 Å². The van der Waals surface area contributed by atoms with Crippen LogP contribution in [-0.2, 0) is 26.1 Å². The van der Waals surface area contributed by atoms with Crippen molar-refractivity contribution in [3.63, 3.8) is 0 Å². The SMILES string of the molecule is NCc1ccc(S(=O)(=O)N2CCOCC2C(N)=O)c(Cl)c1. The van der Waals surface area contributed by atoms with Crippen LogP contribution in [0.25, 0.3) is 0 Å². The molecular weight excluding hydrogens is 318 g/mol. The molecule has 0 aliphatic carbocycles. The van der Waals surface area contributed by atoms with Crippen molar-refractivity contribution in [1.29, 1.82) is 0 Å². The highest BCUT2D eigenvalue weighted by Gasteiger charge is 2.38. The summed E-state index contributed by atoms with van der Waals surface area (Å²) in [4.78, 5) is 11.3. The lowest BCUT2D eigenvalue weighted by atomic mass is 10.2. The molecule has 1 amide bonds. The molecule has 21 heavy (non-hydrogen) atoms. The minimum Gasteiger partial charge on any atom is -0.378 e. The molecule has 0 radical (unpaired) electrons. The number of halogens is 1. The number of sulfonamides is 1. The second-order valence-corrected chi connectivity index (χ2v) is 6.84. The third-order valence-electron chi connectivity index (χ3n) is 3.23. The molecule has 1 unspecified atom stereocenters. The number of nitrogens with zero attached hydrogens (tertiary/aromatic N) is 1. The van der Waals surface area contributed by atoms with Crippen LogP contribution in [0, 0.1) is 0 Å². The molecule has 0 bridgehead atoms. The van der Waals surface area contributed by atoms with E-state index in [1.165, 1.54) is 12.1 Å². The van der Waals surface area contributed by atoms with Crippen molar-refractivity contribution < 1.29 is 17.9 Å². The van der Waals surface area contributed by atoms with Crippen LogP contribution in [0.15, 0.2) is 23.1 Å². The first-order chi connectivity index (χ1) is 9.87. The maximum Gasteiger partial charge on any atom is 0.245 e. The van der Waals surface area contributed by atoms with Gasteiger partial charge in [0.05, 0.1) is 18.2 Å². The summed E-state index contributed by atoms with van der Waals surface area (Å²) in [7, 11) is -3.93. The molecular formula is C12H16ClN3O4S. The summed E-state index contributed by atoms with van der Waals surface area (Å²) in [6.07, 6.45) is 0. The molecule has 1 aliphatic heterocycles. The molecule has 9 heteroatoms. The Hall–Kier alpha value is -1.19. The maximum atomic E-state index is 12.7. The first kappa shape index (κ1) is 16.2. The van der Waals surface area contributed by atoms with E-state index in [1.807, 2.05) is 0 Å². The van der Waals surface area contributed by atoms with Crippen LogP contribution in [0.3, 0.4) is 0 Å². The van der Waals surface area contributed by atoms with Crippen LogP contribution in [-0.4, -0.2) is 44.4 Å². The van der Waals surface area contributed by atoms with Gasteiger partial charge in [0.15, 0.2) is 0 Å². The molecule has 0 saturated carbocycles. The van der Waals surface area contributed by atoms with Gasteiger partial charge in [-0.3, -0.25) is 4.79 Å². The Morgan fingerprint density at radius 3 is 2.76 bits per heavy atom. The number of amides is 1. The molecule has 0 spiro atoms. The highest BCUT2D eigenvalue weighted by atomic mass is 35.5. The van der Waals surface area contributed by atoms with Crippen molar-refractivity contribution in [3.05, 3.63) is 28.8 Å². The van der Waals surface area contributed by atoms with Crippen LogP contribution in [0.4, 0.5) is 0 Å². The number of nitrogens with two attached hydrogens (primary N) is 2. The lowest BCUT2D eigenvalue weighted by Crippen LogP contribution is -2.54. The minimum absolute atomic E-state index is 0.0465. The van der Waals surface area contributed by atoms with E-state index in [0.29, 0.717) is 5.56 Å². The molecule has 1 aromatic rings. The third kappa shape index (κ3) is 3.19. The van der Waals surface area contributed by atoms with Gasteiger partial charge in [0, 0.05) is 13.1 Å². The van der Waals surface area contributed by atoms with Crippen molar-refractivity contribution in [2.45, 2.75) is 17.5 Å². The second-order valence-electron chi connectivity index (χ2n) is 4.58. The molecule has 4 N–H and O–H groups in total. The van der Waals surface area contributed by atoms with Crippen LogP contribution in [0.1, 0.15) is 5.56 Å². The van der Waals surface area contributed by atoms with Crippen molar-refractivity contribution in [2.75, 3.05) is 19.8 Å². The lowest BCUT2D eigenvalue weighted by Gasteiger charge is -2.32. The monoisotopic (exact) mass is 333 g/mol. The Morgan fingerprint density at radius 2 is 2.19 bits per heavy atom. The van der Waals surface area contributed by atoms with Gasteiger partial charge >= 0.3 is 0 Å². The Balaban J connectivity index is 2.43. The van der Waals surface area contributed by atoms with E-state index < -0.39 is 22.0 Å². The zero-order chi connectivity index (χ0) is 15.6. The Morgan fingerprint density at radius 1 is 1.48 bits per heavy atom. The zero-order valence-electron chi connectivity index (χ0n) is 11.2. The molecule has 1 aliphatic rings. The smallest absolute Gasteiger partial charge is 0.245 e. The van der Waals surface area contributed by atoms with Gasteiger partial charge in [-0.15, -0.1) is 0 Å². The molecule has 1 aromatic carbocycles. The standard InChI is InChI=1S/C12H16ClN3O4S/c13-9-5-8(6-14)1-2-11(9)21(18,19)16-3-4-20-7-10(16)12(15)17/h1-2,5,10H,3-4,6-7,14H2,(H2,15,17). The Bertz CT molecular complexity index is 650. The number of morpholine rings is 1. The topological polar surface area (TPSA) is 116 Å². The summed E-state index contributed by atoms with van der Waals surface area (Å²) < 4.78 is 31.5. The van der Waals surface area contributed by atoms with Crippen molar-refractivity contribution in [2.24, 2.45) is 11.5 Å². The van der Waals surface area contributed by atoms with Gasteiger partial charge in [0.25, 0.3) is 0 Å². The van der Waals surface area contributed by atoms with E-state index >= 15 is 0 Å². The highest BCUT2D eigenvalue weighted by Crippen LogP contribution is 2.27. The average molecular weight is 334 g/mol. The van der Waals surface area contributed by atoms with Gasteiger partial charge in [0.2, 0.25) is 15.9 Å². The van der Waals surface area contributed by atoms with Gasteiger partial charge in [0.1, 0.15) is 10.9 Å². The van der Waals surface area contributed by atoms with Gasteiger partial charge < -0.3 is 16.2 Å². The normalized spacial score (nSPS) is 20.4. The van der Waals surface area contributed by atoms with Crippen LogP contribution >= 0.6 is 11.6 Å². The Kier molecular flexibility index (Phi) is 4.84. The predicted octanol–water partition coefficient (Wildman–Crippen LogP) is -0.326. The molecule has 7 nitrogen and oxygen atoms in total. The van der Waals surface area contributed by atoms with Crippen molar-refractivity contribution in [3.8, 4) is 0 Å². The highest BCUT2D eigenvalue weighted by molar-refractivity contribution is 7.89. The molecule has 2 rings (SSSR count). The number of benzene rings is 1. The number of ether oxygens (including phenoxy) is 1. The number of rotatable bonds is 4. The summed E-state index contributed by atoms with van der Waals surface area (Å²) in [6.45, 7) is 0.432. The summed E-state index contributed by atoms with van der Waals surface area (Å²) in [6, 6.07) is 3.43. The van der Waals surface area contributed by atoms with E-state index in [2.05, 4.69) is 0 Å². The molecule has 1 saturated heterocycles. The summed E-state index contributed by atoms with van der Waals surface area (Å²) in [5.41, 5.74) is 11.4. The van der Waals surface area contributed by atoms with Crippen LogP contribution in [0.2, 0.25) is 5.02 Å². The summed E-state index contributed by atoms with van der Waals surface area (Å²) >= 11 is 6.03. The quantitative estimate of drug-likeness (QED) is 0.783. The van der Waals surface area contributed by atoms with Crippen LogP contribution in [0.5, 0.6) is 0 Å². The van der Waals surface area contributed by atoms with Gasteiger partial charge in [-0.25, -0.2) is 8.42 Å². The molecule has 1 heterocycles. The fraction of sp³-hybridized carbons (Fsp3) is 0.417. The second kappa shape index (κ2) is 6.29. The molecule has 116 valence electrons. The first-order valence-electron chi connectivity index (χ1n) is 6.25. The number of primary amides is 1. The van der Waals surface area contributed by atoms with E-state index in [9.17, 15) is 13.2 Å². The largest absolute Gasteiger partial charge is 0.378 e. The molecule has 1 fully saturated rings. The van der Waals surface area contributed by atoms with Crippen LogP contribution < -0.4 is 11.5 Å². The van der Waals surface area contributed by atoms with Crippen molar-refractivity contribution >= 4 is 27.5 Å². The lowest BCUT2D eigenvalue weighted by molar-refractivity contribution is -0.125. The number of hydrogen-bond acceptors (Lipinski definition) is 5. The van der Waals surface area contributed by atoms with E-state index in [1.54, 1.807) is 6.07 Å². The fourth-order valence-corrected chi connectivity index (χ4v) is 4.22. The minimum atomic E-state index is -3.93. The zero-order valence-corrected chi connectivity index (χ0v) is 12.7. The number of carbonyl (C=O) groups is 1. The summed E-state index contributed by atoms with van der Waals surface area (Å²) in [5, 5.41) is 0.0627. The van der Waals surface area contributed by atoms with E-state index in [4.69, 9.17) is 27.8 Å². The first-order valence-corrected chi connectivity index (χ1v) is 8.07. The fourth-order valence-electron chi connectivity index (χ4n) is 2.11. The number of carbonyl (C=O) groups excluding carboxylic acids is 1. The summed E-state index contributed by atoms with van der Waals surface area (Å²) in [5.74, 6) is -0.757. The van der Waals surface area contributed by atoms with Gasteiger partial charge in [-0.1, -0.05) is 17.7 Å². The average Bonchev–Trinajstić information content (AvgIpc) is 2.46. The van der Waals surface area contributed by atoms with E-state index in [0.717, 1.165) is 4.31 Å². The van der Waals surface area contributed by atoms with Gasteiger partial charge in [-0.2, -0.15) is 4.31 Å². The predicted molar refractivity (Wildman–Crippen MR) is 77.0 cm³/mol.